The van der Waals surface area contributed by atoms with Gasteiger partial charge >= 0.3 is 30.4 Å². The van der Waals surface area contributed by atoms with Crippen LogP contribution < -0.4 is 19.8 Å². The van der Waals surface area contributed by atoms with Gasteiger partial charge < -0.3 is 36.2 Å². The van der Waals surface area contributed by atoms with Crippen molar-refractivity contribution in [2.24, 2.45) is 0 Å². The largest absolute Gasteiger partial charge is 0.372 e. The van der Waals surface area contributed by atoms with E-state index in [4.69, 9.17) is 36.2 Å². The lowest BCUT2D eigenvalue weighted by Crippen LogP contribution is -2.39. The van der Waals surface area contributed by atoms with Crippen molar-refractivity contribution in [3.8, 4) is 0 Å². The van der Waals surface area contributed by atoms with Gasteiger partial charge in [0.2, 0.25) is 0 Å². The lowest BCUT2D eigenvalue weighted by atomic mass is 10.6. The Morgan fingerprint density at radius 3 is 0.784 bits per heavy atom. The van der Waals surface area contributed by atoms with E-state index in [0.29, 0.717) is 11.3 Å². The second kappa shape index (κ2) is 15.9. The number of hydrogen-bond acceptors (Lipinski definition) is 13. The molecule has 0 unspecified atom stereocenters. The van der Waals surface area contributed by atoms with Crippen LogP contribution >= 0.6 is 41.7 Å². The van der Waals surface area contributed by atoms with Gasteiger partial charge in [-0.1, -0.05) is 0 Å². The molecule has 0 atom stereocenters. The molecule has 0 spiro atoms. The predicted octanol–water partition coefficient (Wildman–Crippen LogP) is 5.31. The molecule has 17 heteroatoms. The summed E-state index contributed by atoms with van der Waals surface area (Å²) in [7, 11) is -17.3. The monoisotopic (exact) mass is 628 g/mol. The van der Waals surface area contributed by atoms with Gasteiger partial charge in [-0.2, -0.15) is 0 Å². The van der Waals surface area contributed by atoms with E-state index in [1.165, 1.54) is 0 Å². The summed E-state index contributed by atoms with van der Waals surface area (Å²) in [5.41, 5.74) is 0. The van der Waals surface area contributed by atoms with Crippen molar-refractivity contribution in [2.75, 3.05) is 52.9 Å². The standard InChI is InChI=1S/C20H40O12P4S/c1-9-25-33(21,26-10-2)17-18(34(22,27-11-3)28-12-4)20(36(24,31-15-7)32-16-8)37-19(17)35(23,29-13-5)30-14-6/h9-16H2,1-8H3. The Hall–Kier alpha value is 0.300. The summed E-state index contributed by atoms with van der Waals surface area (Å²) in [5.74, 6) is 0. The zero-order chi connectivity index (χ0) is 28.3. The molecule has 0 N–H and O–H groups in total. The minimum atomic E-state index is -4.41. The smallest absolute Gasteiger partial charge is 0.305 e. The third-order valence-corrected chi connectivity index (χ3v) is 16.0. The fraction of sp³-hybridized carbons (Fsp3) is 0.800. The van der Waals surface area contributed by atoms with Crippen LogP contribution in [0.25, 0.3) is 0 Å². The van der Waals surface area contributed by atoms with E-state index in [1.54, 1.807) is 55.4 Å². The molecule has 0 aliphatic carbocycles. The summed E-state index contributed by atoms with van der Waals surface area (Å²) in [6.07, 6.45) is 0. The number of thiophene rings is 1. The van der Waals surface area contributed by atoms with E-state index in [9.17, 15) is 18.3 Å². The number of rotatable bonds is 20. The molecular formula is C20H40O12P4S. The molecule has 0 aromatic carbocycles. The van der Waals surface area contributed by atoms with Crippen LogP contribution in [0.4, 0.5) is 0 Å². The van der Waals surface area contributed by atoms with Gasteiger partial charge in [0.25, 0.3) is 0 Å². The summed E-state index contributed by atoms with van der Waals surface area (Å²) in [5, 5.41) is -0.794. The Kier molecular flexibility index (Phi) is 15.2. The van der Waals surface area contributed by atoms with E-state index >= 15 is 0 Å². The van der Waals surface area contributed by atoms with Gasteiger partial charge in [-0.3, -0.25) is 18.3 Å². The molecule has 0 amide bonds. The van der Waals surface area contributed by atoms with Crippen LogP contribution in [-0.4, -0.2) is 52.9 Å². The Bertz CT molecular complexity index is 924. The minimum absolute atomic E-state index is 0.0456. The van der Waals surface area contributed by atoms with E-state index in [0.717, 1.165) is 0 Å². The summed E-state index contributed by atoms with van der Waals surface area (Å²) in [6, 6.07) is 0. The zero-order valence-corrected chi connectivity index (χ0v) is 27.1. The molecule has 0 saturated carbocycles. The Balaban J connectivity index is 4.53. The third-order valence-electron chi connectivity index (χ3n) is 4.26. The molecule has 1 aromatic heterocycles. The van der Waals surface area contributed by atoms with Crippen molar-refractivity contribution < 1.29 is 54.5 Å². The van der Waals surface area contributed by atoms with Crippen LogP contribution in [0.15, 0.2) is 0 Å². The summed E-state index contributed by atoms with van der Waals surface area (Å²) >= 11 is 0.626. The van der Waals surface area contributed by atoms with Crippen LogP contribution in [0.5, 0.6) is 0 Å². The van der Waals surface area contributed by atoms with Crippen molar-refractivity contribution in [2.45, 2.75) is 55.4 Å². The molecule has 0 aliphatic rings. The molecule has 218 valence electrons. The molecule has 12 nitrogen and oxygen atoms in total. The second-order valence-electron chi connectivity index (χ2n) is 6.74. The van der Waals surface area contributed by atoms with E-state index in [1.807, 2.05) is 0 Å². The van der Waals surface area contributed by atoms with Crippen LogP contribution in [0.2, 0.25) is 0 Å². The molecule has 0 saturated heterocycles. The SMILES string of the molecule is CCOP(=O)(OCC)c1sc(P(=O)(OCC)OCC)c(P(=O)(OCC)OCC)c1P(=O)(OCC)OCC. The van der Waals surface area contributed by atoms with Gasteiger partial charge in [-0.15, -0.1) is 11.3 Å². The maximum atomic E-state index is 14.3. The molecule has 37 heavy (non-hydrogen) atoms. The molecule has 1 rings (SSSR count). The lowest BCUT2D eigenvalue weighted by Gasteiger charge is -2.25. The highest BCUT2D eigenvalue weighted by molar-refractivity contribution is 7.82. The fourth-order valence-electron chi connectivity index (χ4n) is 3.26. The summed E-state index contributed by atoms with van der Waals surface area (Å²) in [6.45, 7) is 12.2. The molecule has 1 heterocycles. The first kappa shape index (κ1) is 35.3. The van der Waals surface area contributed by atoms with Crippen LogP contribution in [0.1, 0.15) is 55.4 Å². The zero-order valence-electron chi connectivity index (χ0n) is 22.8. The quantitative estimate of drug-likeness (QED) is 0.173. The van der Waals surface area contributed by atoms with E-state index < -0.39 is 41.0 Å². The Labute approximate surface area is 224 Å². The third kappa shape index (κ3) is 8.17. The van der Waals surface area contributed by atoms with Crippen LogP contribution in [0.3, 0.4) is 0 Å². The summed E-state index contributed by atoms with van der Waals surface area (Å²) < 4.78 is 101. The fourth-order valence-corrected chi connectivity index (χ4v) is 15.6. The first-order valence-corrected chi connectivity index (χ1v) is 19.2. The Morgan fingerprint density at radius 1 is 0.405 bits per heavy atom. The van der Waals surface area contributed by atoms with E-state index in [-0.39, 0.29) is 62.1 Å². The first-order valence-electron chi connectivity index (χ1n) is 12.2. The number of hydrogen-bond donors (Lipinski definition) is 0. The normalized spacial score (nSPS) is 13.4. The maximum Gasteiger partial charge on any atom is 0.372 e. The van der Waals surface area contributed by atoms with Crippen molar-refractivity contribution in [1.29, 1.82) is 0 Å². The lowest BCUT2D eigenvalue weighted by molar-refractivity contribution is 0.224. The van der Waals surface area contributed by atoms with Crippen LogP contribution in [0, 0.1) is 0 Å². The van der Waals surface area contributed by atoms with Gasteiger partial charge in [0, 0.05) is 0 Å². The van der Waals surface area contributed by atoms with Gasteiger partial charge in [-0.25, -0.2) is 0 Å². The molecule has 0 fully saturated rings. The minimum Gasteiger partial charge on any atom is -0.305 e. The van der Waals surface area contributed by atoms with Crippen molar-refractivity contribution in [1.82, 2.24) is 0 Å². The molecule has 0 radical (unpaired) electrons. The highest BCUT2D eigenvalue weighted by Gasteiger charge is 2.53. The molecular weight excluding hydrogens is 588 g/mol. The van der Waals surface area contributed by atoms with Crippen LogP contribution in [-0.2, 0) is 54.5 Å². The molecule has 0 bridgehead atoms. The maximum absolute atomic E-state index is 14.3. The average molecular weight is 628 g/mol. The second-order valence-corrected chi connectivity index (χ2v) is 16.2. The van der Waals surface area contributed by atoms with Gasteiger partial charge in [0.1, 0.15) is 19.8 Å². The van der Waals surface area contributed by atoms with E-state index in [2.05, 4.69) is 0 Å². The molecule has 0 aliphatic heterocycles. The van der Waals surface area contributed by atoms with Crippen molar-refractivity contribution in [3.05, 3.63) is 0 Å². The summed E-state index contributed by atoms with van der Waals surface area (Å²) in [4.78, 5) is 0. The predicted molar refractivity (Wildman–Crippen MR) is 146 cm³/mol. The van der Waals surface area contributed by atoms with Crippen molar-refractivity contribution in [3.63, 3.8) is 0 Å². The molecule has 1 aromatic rings. The average Bonchev–Trinajstić information content (AvgIpc) is 3.25. The highest BCUT2D eigenvalue weighted by atomic mass is 32.1. The topological polar surface area (TPSA) is 142 Å². The van der Waals surface area contributed by atoms with Gasteiger partial charge in [0.15, 0.2) is 0 Å². The first-order chi connectivity index (χ1) is 17.5. The highest BCUT2D eigenvalue weighted by Crippen LogP contribution is 2.60. The Morgan fingerprint density at radius 2 is 0.595 bits per heavy atom. The van der Waals surface area contributed by atoms with Crippen molar-refractivity contribution >= 4 is 61.6 Å². The van der Waals surface area contributed by atoms with Gasteiger partial charge in [0.05, 0.1) is 52.9 Å². The van der Waals surface area contributed by atoms with Gasteiger partial charge in [-0.05, 0) is 55.4 Å².